The first-order valence-electron chi connectivity index (χ1n) is 6.05. The minimum Gasteiger partial charge on any atom is -0.308 e. The van der Waals surface area contributed by atoms with Crippen molar-refractivity contribution in [3.05, 3.63) is 62.6 Å². The van der Waals surface area contributed by atoms with Crippen LogP contribution < -0.4 is 10.6 Å². The van der Waals surface area contributed by atoms with Gasteiger partial charge in [-0.1, -0.05) is 12.1 Å². The molecule has 0 aromatic heterocycles. The van der Waals surface area contributed by atoms with Crippen molar-refractivity contribution in [1.29, 1.82) is 0 Å². The number of amides is 2. The van der Waals surface area contributed by atoms with Crippen LogP contribution in [-0.4, -0.2) is 11.0 Å². The molecule has 0 unspecified atom stereocenters. The van der Waals surface area contributed by atoms with E-state index >= 15 is 0 Å². The number of non-ortho nitro benzene ring substituents is 1. The van der Waals surface area contributed by atoms with Crippen molar-refractivity contribution in [2.24, 2.45) is 0 Å². The molecule has 2 aromatic rings. The van der Waals surface area contributed by atoms with Crippen LogP contribution in [0.5, 0.6) is 0 Å². The quantitative estimate of drug-likeness (QED) is 0.639. The Labute approximate surface area is 129 Å². The highest BCUT2D eigenvalue weighted by atomic mass is 79.9. The van der Waals surface area contributed by atoms with Crippen molar-refractivity contribution < 1.29 is 9.72 Å². The van der Waals surface area contributed by atoms with Crippen molar-refractivity contribution >= 4 is 39.0 Å². The number of nitrogens with zero attached hydrogens (tertiary/aromatic N) is 1. The highest BCUT2D eigenvalue weighted by molar-refractivity contribution is 9.10. The molecule has 0 bridgehead atoms. The minimum absolute atomic E-state index is 0.0256. The SMILES string of the molecule is Cc1cccc(NC(=O)Nc2ccc([N+](=O)[O-])cc2)c1Br. The number of rotatable bonds is 3. The summed E-state index contributed by atoms with van der Waals surface area (Å²) in [6.07, 6.45) is 0. The molecule has 0 spiro atoms. The Morgan fingerprint density at radius 2 is 1.81 bits per heavy atom. The summed E-state index contributed by atoms with van der Waals surface area (Å²) < 4.78 is 0.809. The number of halogens is 1. The van der Waals surface area contributed by atoms with E-state index in [2.05, 4.69) is 26.6 Å². The highest BCUT2D eigenvalue weighted by Crippen LogP contribution is 2.26. The fraction of sp³-hybridized carbons (Fsp3) is 0.0714. The lowest BCUT2D eigenvalue weighted by Gasteiger charge is -2.10. The zero-order valence-corrected chi connectivity index (χ0v) is 12.7. The lowest BCUT2D eigenvalue weighted by Crippen LogP contribution is -2.19. The number of hydrogen-bond acceptors (Lipinski definition) is 3. The number of anilines is 2. The van der Waals surface area contributed by atoms with Crippen LogP contribution in [0.25, 0.3) is 0 Å². The smallest absolute Gasteiger partial charge is 0.308 e. The Hall–Kier alpha value is -2.41. The lowest BCUT2D eigenvalue weighted by molar-refractivity contribution is -0.384. The first kappa shape index (κ1) is 15.0. The Balaban J connectivity index is 2.04. The summed E-state index contributed by atoms with van der Waals surface area (Å²) in [5.41, 5.74) is 2.10. The predicted octanol–water partition coefficient (Wildman–Crippen LogP) is 4.31. The van der Waals surface area contributed by atoms with Crippen molar-refractivity contribution in [3.8, 4) is 0 Å². The summed E-state index contributed by atoms with van der Waals surface area (Å²) >= 11 is 3.40. The van der Waals surface area contributed by atoms with Crippen LogP contribution in [-0.2, 0) is 0 Å². The molecule has 6 nitrogen and oxygen atoms in total. The van der Waals surface area contributed by atoms with Gasteiger partial charge >= 0.3 is 6.03 Å². The summed E-state index contributed by atoms with van der Waals surface area (Å²) in [4.78, 5) is 21.9. The topological polar surface area (TPSA) is 84.3 Å². The number of carbonyl (C=O) groups is 1. The fourth-order valence-electron chi connectivity index (χ4n) is 1.70. The van der Waals surface area contributed by atoms with Gasteiger partial charge in [0.1, 0.15) is 0 Å². The summed E-state index contributed by atoms with van der Waals surface area (Å²) in [6.45, 7) is 1.92. The molecule has 2 aromatic carbocycles. The molecule has 7 heteroatoms. The van der Waals surface area contributed by atoms with E-state index in [1.807, 2.05) is 19.1 Å². The standard InChI is InChI=1S/C14H12BrN3O3/c1-9-3-2-4-12(13(9)15)17-14(19)16-10-5-7-11(8-6-10)18(20)21/h2-8H,1H3,(H2,16,17,19). The average Bonchev–Trinajstić information content (AvgIpc) is 2.44. The molecule has 0 aliphatic rings. The molecule has 0 fully saturated rings. The van der Waals surface area contributed by atoms with E-state index in [-0.39, 0.29) is 5.69 Å². The second-order valence-electron chi connectivity index (χ2n) is 4.32. The third-order valence-electron chi connectivity index (χ3n) is 2.78. The van der Waals surface area contributed by atoms with Gasteiger partial charge in [-0.2, -0.15) is 0 Å². The Kier molecular flexibility index (Phi) is 4.54. The van der Waals surface area contributed by atoms with Gasteiger partial charge in [-0.05, 0) is 46.6 Å². The fourth-order valence-corrected chi connectivity index (χ4v) is 2.06. The van der Waals surface area contributed by atoms with Gasteiger partial charge in [0.05, 0.1) is 10.6 Å². The van der Waals surface area contributed by atoms with Crippen LogP contribution in [0.15, 0.2) is 46.9 Å². The van der Waals surface area contributed by atoms with E-state index in [4.69, 9.17) is 0 Å². The molecule has 21 heavy (non-hydrogen) atoms. The summed E-state index contributed by atoms with van der Waals surface area (Å²) in [6, 6.07) is 10.7. The van der Waals surface area contributed by atoms with Crippen molar-refractivity contribution in [2.45, 2.75) is 6.92 Å². The van der Waals surface area contributed by atoms with Crippen molar-refractivity contribution in [3.63, 3.8) is 0 Å². The predicted molar refractivity (Wildman–Crippen MR) is 84.6 cm³/mol. The first-order valence-corrected chi connectivity index (χ1v) is 6.84. The second-order valence-corrected chi connectivity index (χ2v) is 5.11. The van der Waals surface area contributed by atoms with Crippen LogP contribution >= 0.6 is 15.9 Å². The zero-order chi connectivity index (χ0) is 15.4. The highest BCUT2D eigenvalue weighted by Gasteiger charge is 2.08. The van der Waals surface area contributed by atoms with Crippen LogP contribution in [0, 0.1) is 17.0 Å². The number of aryl methyl sites for hydroxylation is 1. The molecule has 108 valence electrons. The number of nitro groups is 1. The molecule has 0 saturated heterocycles. The number of hydrogen-bond donors (Lipinski definition) is 2. The monoisotopic (exact) mass is 349 g/mol. The molecule has 0 radical (unpaired) electrons. The van der Waals surface area contributed by atoms with E-state index in [1.165, 1.54) is 24.3 Å². The van der Waals surface area contributed by atoms with Gasteiger partial charge in [-0.15, -0.1) is 0 Å². The van der Waals surface area contributed by atoms with Crippen molar-refractivity contribution in [1.82, 2.24) is 0 Å². The van der Waals surface area contributed by atoms with Crippen molar-refractivity contribution in [2.75, 3.05) is 10.6 Å². The van der Waals surface area contributed by atoms with Gasteiger partial charge in [-0.3, -0.25) is 10.1 Å². The number of urea groups is 1. The molecule has 2 rings (SSSR count). The normalized spacial score (nSPS) is 10.0. The molecule has 2 amide bonds. The van der Waals surface area contributed by atoms with Crippen LogP contribution in [0.1, 0.15) is 5.56 Å². The molecule has 0 atom stereocenters. The zero-order valence-electron chi connectivity index (χ0n) is 11.1. The Morgan fingerprint density at radius 3 is 2.43 bits per heavy atom. The Bertz CT molecular complexity index is 686. The van der Waals surface area contributed by atoms with Gasteiger partial charge in [-0.25, -0.2) is 4.79 Å². The van der Waals surface area contributed by atoms with E-state index in [0.717, 1.165) is 10.0 Å². The number of nitrogens with one attached hydrogen (secondary N) is 2. The Morgan fingerprint density at radius 1 is 1.14 bits per heavy atom. The van der Waals surface area contributed by atoms with Crippen LogP contribution in [0.4, 0.5) is 21.9 Å². The maximum Gasteiger partial charge on any atom is 0.323 e. The molecular formula is C14H12BrN3O3. The third-order valence-corrected chi connectivity index (χ3v) is 3.83. The van der Waals surface area contributed by atoms with Gasteiger partial charge in [0.15, 0.2) is 0 Å². The lowest BCUT2D eigenvalue weighted by atomic mass is 10.2. The van der Waals surface area contributed by atoms with E-state index < -0.39 is 11.0 Å². The van der Waals surface area contributed by atoms with E-state index in [1.54, 1.807) is 6.07 Å². The van der Waals surface area contributed by atoms with E-state index in [0.29, 0.717) is 11.4 Å². The van der Waals surface area contributed by atoms with E-state index in [9.17, 15) is 14.9 Å². The molecular weight excluding hydrogens is 338 g/mol. The first-order chi connectivity index (χ1) is 9.97. The van der Waals surface area contributed by atoms with Gasteiger partial charge in [0.2, 0.25) is 0 Å². The molecule has 0 saturated carbocycles. The number of benzene rings is 2. The maximum absolute atomic E-state index is 11.9. The number of nitro benzene ring substituents is 1. The molecule has 0 heterocycles. The average molecular weight is 350 g/mol. The second kappa shape index (κ2) is 6.36. The molecule has 2 N–H and O–H groups in total. The molecule has 0 aliphatic heterocycles. The summed E-state index contributed by atoms with van der Waals surface area (Å²) in [5.74, 6) is 0. The molecule has 0 aliphatic carbocycles. The number of carbonyl (C=O) groups excluding carboxylic acids is 1. The van der Waals surface area contributed by atoms with Crippen LogP contribution in [0.2, 0.25) is 0 Å². The van der Waals surface area contributed by atoms with Gasteiger partial charge in [0.25, 0.3) is 5.69 Å². The van der Waals surface area contributed by atoms with Crippen LogP contribution in [0.3, 0.4) is 0 Å². The van der Waals surface area contributed by atoms with Gasteiger partial charge in [0, 0.05) is 22.3 Å². The maximum atomic E-state index is 11.9. The van der Waals surface area contributed by atoms with Gasteiger partial charge < -0.3 is 10.6 Å². The summed E-state index contributed by atoms with van der Waals surface area (Å²) in [7, 11) is 0. The largest absolute Gasteiger partial charge is 0.323 e. The minimum atomic E-state index is -0.492. The third kappa shape index (κ3) is 3.79. The summed E-state index contributed by atoms with van der Waals surface area (Å²) in [5, 5.41) is 15.9.